The third-order valence-electron chi connectivity index (χ3n) is 3.56. The zero-order chi connectivity index (χ0) is 15.5. The van der Waals surface area contributed by atoms with Gasteiger partial charge in [0.05, 0.1) is 12.3 Å². The van der Waals surface area contributed by atoms with Crippen molar-refractivity contribution in [3.8, 4) is 5.75 Å². The van der Waals surface area contributed by atoms with E-state index in [4.69, 9.17) is 15.2 Å². The van der Waals surface area contributed by atoms with E-state index in [1.165, 1.54) is 19.3 Å². The number of nitrogen functional groups attached to an aromatic ring is 1. The largest absolute Gasteiger partial charge is 0.489 e. The number of unbranched alkanes of at least 4 members (excludes halogenated alkanes) is 1. The predicted octanol–water partition coefficient (Wildman–Crippen LogP) is 3.24. The second kappa shape index (κ2) is 10.5. The second-order valence-electron chi connectivity index (χ2n) is 5.46. The molecule has 1 rings (SSSR count). The van der Waals surface area contributed by atoms with E-state index in [1.807, 2.05) is 12.1 Å². The molecule has 0 aliphatic carbocycles. The van der Waals surface area contributed by atoms with E-state index in [0.717, 1.165) is 6.42 Å². The highest BCUT2D eigenvalue weighted by atomic mass is 16.5. The van der Waals surface area contributed by atoms with E-state index in [-0.39, 0.29) is 6.61 Å². The zero-order valence-corrected chi connectivity index (χ0v) is 13.3. The van der Waals surface area contributed by atoms with Crippen molar-refractivity contribution >= 4 is 5.69 Å². The van der Waals surface area contributed by atoms with Crippen molar-refractivity contribution in [2.75, 3.05) is 25.6 Å². The summed E-state index contributed by atoms with van der Waals surface area (Å²) in [5, 5.41) is 9.87. The topological polar surface area (TPSA) is 64.7 Å². The van der Waals surface area contributed by atoms with E-state index in [9.17, 15) is 5.11 Å². The van der Waals surface area contributed by atoms with Crippen LogP contribution in [0.2, 0.25) is 0 Å². The molecule has 3 N–H and O–H groups in total. The highest BCUT2D eigenvalue weighted by molar-refractivity contribution is 5.51. The quantitative estimate of drug-likeness (QED) is 0.615. The number of aliphatic hydroxyl groups excluding tert-OH is 1. The molecule has 0 aliphatic rings. The smallest absolute Gasteiger partial charge is 0.142 e. The molecule has 0 aliphatic heterocycles. The van der Waals surface area contributed by atoms with Gasteiger partial charge in [-0.25, -0.2) is 0 Å². The first-order chi connectivity index (χ1) is 10.2. The zero-order valence-electron chi connectivity index (χ0n) is 13.3. The number of benzene rings is 1. The molecule has 0 fully saturated rings. The maximum Gasteiger partial charge on any atom is 0.142 e. The Morgan fingerprint density at radius 2 is 1.90 bits per heavy atom. The van der Waals surface area contributed by atoms with Crippen LogP contribution in [0.1, 0.15) is 39.5 Å². The number of aliphatic hydroxyl groups is 1. The number of rotatable bonds is 11. The molecule has 0 aromatic heterocycles. The first-order valence-corrected chi connectivity index (χ1v) is 7.90. The fourth-order valence-electron chi connectivity index (χ4n) is 2.11. The maximum atomic E-state index is 9.87. The molecule has 0 bridgehead atoms. The van der Waals surface area contributed by atoms with Gasteiger partial charge in [0.25, 0.3) is 0 Å². The molecule has 1 aromatic carbocycles. The van der Waals surface area contributed by atoms with Crippen molar-refractivity contribution < 1.29 is 14.6 Å². The Balaban J connectivity index is 2.19. The molecule has 4 heteroatoms. The van der Waals surface area contributed by atoms with Gasteiger partial charge in [-0.15, -0.1) is 0 Å². The van der Waals surface area contributed by atoms with E-state index in [2.05, 4.69) is 13.8 Å². The molecule has 2 unspecified atom stereocenters. The Kier molecular flexibility index (Phi) is 8.87. The molecule has 0 saturated heterocycles. The number of ether oxygens (including phenoxy) is 2. The summed E-state index contributed by atoms with van der Waals surface area (Å²) in [6.07, 6.45) is 4.13. The Morgan fingerprint density at radius 3 is 2.57 bits per heavy atom. The standard InChI is InChI=1S/C17H29NO3/c1-3-5-8-14(4-2)11-20-12-15(19)13-21-17-10-7-6-9-16(17)18/h6-7,9-10,14-15,19H,3-5,8,11-13,18H2,1-2H3. The third kappa shape index (κ3) is 7.34. The summed E-state index contributed by atoms with van der Waals surface area (Å²) in [4.78, 5) is 0. The first kappa shape index (κ1) is 17.8. The summed E-state index contributed by atoms with van der Waals surface area (Å²) < 4.78 is 11.1. The minimum Gasteiger partial charge on any atom is -0.489 e. The molecule has 0 spiro atoms. The van der Waals surface area contributed by atoms with Gasteiger partial charge in [0.1, 0.15) is 18.5 Å². The average Bonchev–Trinajstić information content (AvgIpc) is 2.50. The van der Waals surface area contributed by atoms with Crippen LogP contribution >= 0.6 is 0 Å². The van der Waals surface area contributed by atoms with Crippen LogP contribution in [-0.2, 0) is 4.74 Å². The van der Waals surface area contributed by atoms with Gasteiger partial charge in [-0.2, -0.15) is 0 Å². The van der Waals surface area contributed by atoms with Crippen molar-refractivity contribution in [1.82, 2.24) is 0 Å². The van der Waals surface area contributed by atoms with Gasteiger partial charge in [-0.1, -0.05) is 45.2 Å². The molecule has 0 heterocycles. The number of hydrogen-bond acceptors (Lipinski definition) is 4. The lowest BCUT2D eigenvalue weighted by atomic mass is 10.0. The van der Waals surface area contributed by atoms with Gasteiger partial charge in [0.15, 0.2) is 0 Å². The molecular weight excluding hydrogens is 266 g/mol. The predicted molar refractivity (Wildman–Crippen MR) is 86.5 cm³/mol. The van der Waals surface area contributed by atoms with Crippen LogP contribution in [0.25, 0.3) is 0 Å². The molecule has 21 heavy (non-hydrogen) atoms. The number of para-hydroxylation sites is 2. The summed E-state index contributed by atoms with van der Waals surface area (Å²) >= 11 is 0. The van der Waals surface area contributed by atoms with E-state index in [1.54, 1.807) is 12.1 Å². The Morgan fingerprint density at radius 1 is 1.14 bits per heavy atom. The molecule has 0 radical (unpaired) electrons. The van der Waals surface area contributed by atoms with Gasteiger partial charge in [-0.3, -0.25) is 0 Å². The highest BCUT2D eigenvalue weighted by Crippen LogP contribution is 2.19. The molecule has 120 valence electrons. The molecule has 1 aromatic rings. The Labute approximate surface area is 128 Å². The summed E-state index contributed by atoms with van der Waals surface area (Å²) in [6.45, 7) is 5.59. The van der Waals surface area contributed by atoms with Crippen molar-refractivity contribution in [3.63, 3.8) is 0 Å². The SMILES string of the molecule is CCCCC(CC)COCC(O)COc1ccccc1N. The van der Waals surface area contributed by atoms with E-state index >= 15 is 0 Å². The minimum atomic E-state index is -0.631. The van der Waals surface area contributed by atoms with Crippen LogP contribution in [0.5, 0.6) is 5.75 Å². The van der Waals surface area contributed by atoms with Gasteiger partial charge in [0.2, 0.25) is 0 Å². The molecule has 0 saturated carbocycles. The summed E-state index contributed by atoms with van der Waals surface area (Å²) in [6, 6.07) is 7.27. The van der Waals surface area contributed by atoms with Crippen molar-refractivity contribution in [2.45, 2.75) is 45.6 Å². The molecule has 4 nitrogen and oxygen atoms in total. The normalized spacial score (nSPS) is 13.9. The molecular formula is C17H29NO3. The minimum absolute atomic E-state index is 0.194. The van der Waals surface area contributed by atoms with Gasteiger partial charge in [-0.05, 0) is 24.5 Å². The number of hydrogen-bond donors (Lipinski definition) is 2. The van der Waals surface area contributed by atoms with E-state index in [0.29, 0.717) is 30.6 Å². The first-order valence-electron chi connectivity index (χ1n) is 7.90. The Hall–Kier alpha value is -1.26. The van der Waals surface area contributed by atoms with Crippen LogP contribution in [0.3, 0.4) is 0 Å². The average molecular weight is 295 g/mol. The van der Waals surface area contributed by atoms with Crippen molar-refractivity contribution in [1.29, 1.82) is 0 Å². The second-order valence-corrected chi connectivity index (χ2v) is 5.46. The van der Waals surface area contributed by atoms with Crippen LogP contribution in [0.15, 0.2) is 24.3 Å². The lowest BCUT2D eigenvalue weighted by Gasteiger charge is -2.17. The third-order valence-corrected chi connectivity index (χ3v) is 3.56. The van der Waals surface area contributed by atoms with Crippen molar-refractivity contribution in [2.24, 2.45) is 5.92 Å². The van der Waals surface area contributed by atoms with Crippen LogP contribution < -0.4 is 10.5 Å². The van der Waals surface area contributed by atoms with Gasteiger partial charge < -0.3 is 20.3 Å². The fraction of sp³-hybridized carbons (Fsp3) is 0.647. The number of anilines is 1. The monoisotopic (exact) mass is 295 g/mol. The highest BCUT2D eigenvalue weighted by Gasteiger charge is 2.10. The van der Waals surface area contributed by atoms with Gasteiger partial charge in [0, 0.05) is 6.61 Å². The van der Waals surface area contributed by atoms with E-state index < -0.39 is 6.10 Å². The summed E-state index contributed by atoms with van der Waals surface area (Å²) in [5.41, 5.74) is 6.35. The van der Waals surface area contributed by atoms with Crippen molar-refractivity contribution in [3.05, 3.63) is 24.3 Å². The lowest BCUT2D eigenvalue weighted by Crippen LogP contribution is -2.25. The van der Waals surface area contributed by atoms with Gasteiger partial charge >= 0.3 is 0 Å². The maximum absolute atomic E-state index is 9.87. The Bertz CT molecular complexity index is 384. The lowest BCUT2D eigenvalue weighted by molar-refractivity contribution is -0.000966. The van der Waals surface area contributed by atoms with Crippen LogP contribution in [0, 0.1) is 5.92 Å². The summed E-state index contributed by atoms with van der Waals surface area (Å²) in [7, 11) is 0. The molecule has 2 atom stereocenters. The van der Waals surface area contributed by atoms with Crippen LogP contribution in [-0.4, -0.2) is 31.0 Å². The number of nitrogens with two attached hydrogens (primary N) is 1. The summed E-state index contributed by atoms with van der Waals surface area (Å²) in [5.74, 6) is 1.19. The fourth-order valence-corrected chi connectivity index (χ4v) is 2.11. The molecule has 0 amide bonds. The van der Waals surface area contributed by atoms with Crippen LogP contribution in [0.4, 0.5) is 5.69 Å².